The first-order valence-corrected chi connectivity index (χ1v) is 9.70. The lowest BCUT2D eigenvalue weighted by atomic mass is 9.91. The van der Waals surface area contributed by atoms with Crippen molar-refractivity contribution >= 4 is 5.91 Å². The van der Waals surface area contributed by atoms with Gasteiger partial charge < -0.3 is 14.6 Å². The molecule has 0 unspecified atom stereocenters. The standard InChI is InChI=1S/C19H29N3O3/c1-12-16(13(2)25-21-12)10-22-8-7-14-9-17(24-18(14)11-22)19(23)20-15-5-3-4-6-15/h14-15,17-18H,3-11H2,1-2H3,(H,20,23)/t14-,17-,18-/m0/s1. The Morgan fingerprint density at radius 3 is 2.80 bits per heavy atom. The molecule has 25 heavy (non-hydrogen) atoms. The van der Waals surface area contributed by atoms with Crippen molar-refractivity contribution in [1.29, 1.82) is 0 Å². The van der Waals surface area contributed by atoms with Gasteiger partial charge in [0.15, 0.2) is 0 Å². The summed E-state index contributed by atoms with van der Waals surface area (Å²) in [5, 5.41) is 7.24. The van der Waals surface area contributed by atoms with Crippen molar-refractivity contribution < 1.29 is 14.1 Å². The molecule has 0 radical (unpaired) electrons. The van der Waals surface area contributed by atoms with E-state index in [9.17, 15) is 4.79 Å². The Kier molecular flexibility index (Phi) is 4.82. The maximum Gasteiger partial charge on any atom is 0.249 e. The van der Waals surface area contributed by atoms with Crippen molar-refractivity contribution in [2.45, 2.75) is 77.2 Å². The second-order valence-corrected chi connectivity index (χ2v) is 7.98. The monoisotopic (exact) mass is 347 g/mol. The van der Waals surface area contributed by atoms with E-state index in [1.165, 1.54) is 18.4 Å². The molecule has 3 fully saturated rings. The number of carbonyl (C=O) groups excluding carboxylic acids is 1. The number of hydrogen-bond donors (Lipinski definition) is 1. The smallest absolute Gasteiger partial charge is 0.249 e. The highest BCUT2D eigenvalue weighted by Crippen LogP contribution is 2.34. The Balaban J connectivity index is 1.32. The maximum absolute atomic E-state index is 12.5. The van der Waals surface area contributed by atoms with Crippen LogP contribution in [0, 0.1) is 19.8 Å². The molecule has 4 rings (SSSR count). The summed E-state index contributed by atoms with van der Waals surface area (Å²) in [7, 11) is 0. The van der Waals surface area contributed by atoms with Gasteiger partial charge in [-0.2, -0.15) is 0 Å². The number of hydrogen-bond acceptors (Lipinski definition) is 5. The molecule has 1 amide bonds. The zero-order valence-corrected chi connectivity index (χ0v) is 15.3. The molecule has 0 bridgehead atoms. The molecule has 6 heteroatoms. The van der Waals surface area contributed by atoms with Crippen LogP contribution in [0.5, 0.6) is 0 Å². The van der Waals surface area contributed by atoms with E-state index < -0.39 is 0 Å². The third-order valence-electron chi connectivity index (χ3n) is 6.19. The van der Waals surface area contributed by atoms with Crippen LogP contribution in [0.25, 0.3) is 0 Å². The van der Waals surface area contributed by atoms with Crippen LogP contribution in [0.2, 0.25) is 0 Å². The fourth-order valence-electron chi connectivity index (χ4n) is 4.62. The molecule has 0 spiro atoms. The van der Waals surface area contributed by atoms with Crippen LogP contribution in [0.1, 0.15) is 55.5 Å². The van der Waals surface area contributed by atoms with Crippen LogP contribution in [0.15, 0.2) is 4.52 Å². The maximum atomic E-state index is 12.5. The minimum absolute atomic E-state index is 0.110. The number of ether oxygens (including phenoxy) is 1. The van der Waals surface area contributed by atoms with Gasteiger partial charge in [-0.25, -0.2) is 0 Å². The van der Waals surface area contributed by atoms with E-state index in [1.807, 2.05) is 13.8 Å². The molecule has 1 aromatic rings. The first-order chi connectivity index (χ1) is 12.1. The second-order valence-electron chi connectivity index (χ2n) is 7.98. The Bertz CT molecular complexity index is 604. The van der Waals surface area contributed by atoms with Gasteiger partial charge in [0, 0.05) is 24.7 Å². The van der Waals surface area contributed by atoms with Gasteiger partial charge in [-0.05, 0) is 52.0 Å². The van der Waals surface area contributed by atoms with Crippen molar-refractivity contribution in [2.24, 2.45) is 5.92 Å². The zero-order chi connectivity index (χ0) is 17.4. The van der Waals surface area contributed by atoms with Gasteiger partial charge in [0.2, 0.25) is 5.91 Å². The third-order valence-corrected chi connectivity index (χ3v) is 6.19. The number of nitrogens with one attached hydrogen (secondary N) is 1. The first-order valence-electron chi connectivity index (χ1n) is 9.70. The summed E-state index contributed by atoms with van der Waals surface area (Å²) in [6, 6.07) is 0.370. The molecule has 3 heterocycles. The highest BCUT2D eigenvalue weighted by atomic mass is 16.5. The van der Waals surface area contributed by atoms with E-state index in [1.54, 1.807) is 0 Å². The molecule has 1 saturated carbocycles. The molecule has 138 valence electrons. The normalized spacial score (nSPS) is 30.6. The molecule has 0 aromatic carbocycles. The zero-order valence-electron chi connectivity index (χ0n) is 15.3. The summed E-state index contributed by atoms with van der Waals surface area (Å²) in [6.07, 6.45) is 6.61. The first kappa shape index (κ1) is 17.0. The lowest BCUT2D eigenvalue weighted by Crippen LogP contribution is -2.42. The number of amides is 1. The number of carbonyl (C=O) groups is 1. The van der Waals surface area contributed by atoms with Gasteiger partial charge in [0.25, 0.3) is 0 Å². The Labute approximate surface area is 149 Å². The van der Waals surface area contributed by atoms with E-state index >= 15 is 0 Å². The summed E-state index contributed by atoms with van der Waals surface area (Å²) >= 11 is 0. The molecule has 3 aliphatic rings. The summed E-state index contributed by atoms with van der Waals surface area (Å²) in [5.41, 5.74) is 2.16. The van der Waals surface area contributed by atoms with Crippen LogP contribution in [0.3, 0.4) is 0 Å². The minimum atomic E-state index is -0.255. The minimum Gasteiger partial charge on any atom is -0.364 e. The van der Waals surface area contributed by atoms with Crippen LogP contribution >= 0.6 is 0 Å². The molecule has 6 nitrogen and oxygen atoms in total. The van der Waals surface area contributed by atoms with E-state index in [2.05, 4.69) is 15.4 Å². The largest absolute Gasteiger partial charge is 0.364 e. The van der Waals surface area contributed by atoms with Crippen LogP contribution in [-0.4, -0.2) is 47.3 Å². The fourth-order valence-corrected chi connectivity index (χ4v) is 4.62. The highest BCUT2D eigenvalue weighted by Gasteiger charge is 2.42. The van der Waals surface area contributed by atoms with Crippen molar-refractivity contribution in [3.05, 3.63) is 17.0 Å². The van der Waals surface area contributed by atoms with E-state index in [4.69, 9.17) is 9.26 Å². The lowest BCUT2D eigenvalue weighted by molar-refractivity contribution is -0.133. The van der Waals surface area contributed by atoms with Gasteiger partial charge in [-0.15, -0.1) is 0 Å². The molecule has 1 aromatic heterocycles. The Morgan fingerprint density at radius 2 is 2.08 bits per heavy atom. The summed E-state index contributed by atoms with van der Waals surface area (Å²) < 4.78 is 11.4. The van der Waals surface area contributed by atoms with Gasteiger partial charge in [0.05, 0.1) is 11.8 Å². The van der Waals surface area contributed by atoms with Crippen LogP contribution < -0.4 is 5.32 Å². The quantitative estimate of drug-likeness (QED) is 0.905. The number of aromatic nitrogens is 1. The van der Waals surface area contributed by atoms with Gasteiger partial charge in [0.1, 0.15) is 11.9 Å². The number of likely N-dealkylation sites (tertiary alicyclic amines) is 1. The average Bonchev–Trinajstić information content (AvgIpc) is 3.31. The number of rotatable bonds is 4. The van der Waals surface area contributed by atoms with Crippen LogP contribution in [-0.2, 0) is 16.1 Å². The number of fused-ring (bicyclic) bond motifs is 1. The summed E-state index contributed by atoms with van der Waals surface area (Å²) in [5.74, 6) is 1.53. The fraction of sp³-hybridized carbons (Fsp3) is 0.789. The van der Waals surface area contributed by atoms with Crippen LogP contribution in [0.4, 0.5) is 0 Å². The predicted octanol–water partition coefficient (Wildman–Crippen LogP) is 2.33. The van der Waals surface area contributed by atoms with Crippen molar-refractivity contribution in [1.82, 2.24) is 15.4 Å². The van der Waals surface area contributed by atoms with E-state index in [0.717, 1.165) is 56.8 Å². The number of aryl methyl sites for hydroxylation is 2. The molecule has 1 N–H and O–H groups in total. The van der Waals surface area contributed by atoms with E-state index in [0.29, 0.717) is 12.0 Å². The van der Waals surface area contributed by atoms with Gasteiger partial charge in [-0.3, -0.25) is 9.69 Å². The highest BCUT2D eigenvalue weighted by molar-refractivity contribution is 5.81. The second kappa shape index (κ2) is 7.08. The Morgan fingerprint density at radius 1 is 1.28 bits per heavy atom. The van der Waals surface area contributed by atoms with E-state index in [-0.39, 0.29) is 18.1 Å². The predicted molar refractivity (Wildman–Crippen MR) is 93.0 cm³/mol. The third kappa shape index (κ3) is 3.60. The Hall–Kier alpha value is -1.40. The number of piperidine rings is 1. The van der Waals surface area contributed by atoms with Gasteiger partial charge >= 0.3 is 0 Å². The van der Waals surface area contributed by atoms with Crippen molar-refractivity contribution in [3.63, 3.8) is 0 Å². The summed E-state index contributed by atoms with van der Waals surface area (Å²) in [4.78, 5) is 14.9. The molecular formula is C19H29N3O3. The average molecular weight is 347 g/mol. The van der Waals surface area contributed by atoms with Gasteiger partial charge in [-0.1, -0.05) is 18.0 Å². The van der Waals surface area contributed by atoms with Crippen molar-refractivity contribution in [3.8, 4) is 0 Å². The molecule has 3 atom stereocenters. The summed E-state index contributed by atoms with van der Waals surface area (Å²) in [6.45, 7) is 6.76. The van der Waals surface area contributed by atoms with Crippen molar-refractivity contribution in [2.75, 3.05) is 13.1 Å². The molecular weight excluding hydrogens is 318 g/mol. The molecule has 1 aliphatic carbocycles. The topological polar surface area (TPSA) is 67.6 Å². The lowest BCUT2D eigenvalue weighted by Gasteiger charge is -2.33. The number of nitrogens with zero attached hydrogens (tertiary/aromatic N) is 2. The molecule has 2 aliphatic heterocycles. The molecule has 2 saturated heterocycles. The SMILES string of the molecule is Cc1noc(C)c1CN1CC[C@H]2C[C@@H](C(=O)NC3CCCC3)O[C@H]2C1.